The molecule has 3 heterocycles. The molecule has 10 N–H and O–H groups in total. The van der Waals surface area contributed by atoms with Crippen LogP contribution in [-0.2, 0) is 34.0 Å². The molecule has 0 bridgehead atoms. The van der Waals surface area contributed by atoms with Crippen LogP contribution < -0.4 is 22.3 Å². The molecule has 4 atom stereocenters. The van der Waals surface area contributed by atoms with Crippen LogP contribution in [0.2, 0.25) is 0 Å². The van der Waals surface area contributed by atoms with E-state index in [9.17, 15) is 31.8 Å². The molecular weight excluding hydrogens is 474 g/mol. The molecule has 1 amide bonds. The van der Waals surface area contributed by atoms with E-state index in [1.807, 2.05) is 0 Å². The molecule has 19 nitrogen and oxygen atoms in total. The van der Waals surface area contributed by atoms with E-state index in [-0.39, 0.29) is 5.96 Å². The number of ether oxygens (including phenoxy) is 1. The zero-order valence-corrected chi connectivity index (χ0v) is 16.6. The third kappa shape index (κ3) is 4.16. The Morgan fingerprint density at radius 2 is 1.87 bits per heavy atom. The summed E-state index contributed by atoms with van der Waals surface area (Å²) in [5.41, 5.74) is 10.6. The lowest BCUT2D eigenvalue weighted by molar-refractivity contribution is -0.252. The minimum absolute atomic E-state index is 0.343. The van der Waals surface area contributed by atoms with Crippen LogP contribution in [0.4, 0.5) is 4.79 Å². The first kappa shape index (κ1) is 23.1. The van der Waals surface area contributed by atoms with Crippen LogP contribution in [0.15, 0.2) is 9.98 Å². The Labute approximate surface area is 173 Å². The summed E-state index contributed by atoms with van der Waals surface area (Å²) in [6.45, 7) is -1.29. The lowest BCUT2D eigenvalue weighted by atomic mass is 9.86. The van der Waals surface area contributed by atoms with E-state index < -0.39 is 75.6 Å². The van der Waals surface area contributed by atoms with Gasteiger partial charge in [0.05, 0.1) is 6.54 Å². The highest BCUT2D eigenvalue weighted by atomic mass is 32.3. The molecule has 0 aromatic carbocycles. The number of aliphatic hydroxyl groups is 2. The van der Waals surface area contributed by atoms with Crippen molar-refractivity contribution in [2.75, 3.05) is 13.2 Å². The second-order valence-corrected chi connectivity index (χ2v) is 8.54. The number of amides is 1. The summed E-state index contributed by atoms with van der Waals surface area (Å²) >= 11 is 0. The van der Waals surface area contributed by atoms with E-state index in [1.54, 1.807) is 0 Å². The van der Waals surface area contributed by atoms with E-state index in [4.69, 9.17) is 20.6 Å². The molecule has 31 heavy (non-hydrogen) atoms. The van der Waals surface area contributed by atoms with Crippen LogP contribution in [0.1, 0.15) is 0 Å². The van der Waals surface area contributed by atoms with Gasteiger partial charge in [-0.2, -0.15) is 22.3 Å². The average Bonchev–Trinajstić information content (AvgIpc) is 3.06. The summed E-state index contributed by atoms with van der Waals surface area (Å²) < 4.78 is 73.1. The summed E-state index contributed by atoms with van der Waals surface area (Å²) in [5, 5.41) is 24.0. The zero-order chi connectivity index (χ0) is 23.4. The minimum Gasteiger partial charge on any atom is -0.446 e. The van der Waals surface area contributed by atoms with Crippen molar-refractivity contribution in [3.8, 4) is 0 Å². The maximum Gasteiger partial charge on any atom is 0.432 e. The minimum atomic E-state index is -5.12. The number of nitrogens with two attached hydrogens (primary N) is 2. The van der Waals surface area contributed by atoms with Crippen molar-refractivity contribution in [1.82, 2.24) is 15.7 Å². The number of hydrogen-bond acceptors (Lipinski definition) is 16. The second-order valence-electron chi connectivity index (χ2n) is 6.47. The highest BCUT2D eigenvalue weighted by molar-refractivity contribution is 7.81. The number of nitrogens with zero attached hydrogens (tertiary/aromatic N) is 3. The Balaban J connectivity index is 1.86. The fourth-order valence-corrected chi connectivity index (χ4v) is 4.22. The van der Waals surface area contributed by atoms with E-state index in [0.29, 0.717) is 0 Å². The van der Waals surface area contributed by atoms with Gasteiger partial charge in [0.1, 0.15) is 18.7 Å². The number of nitrogens with one attached hydrogen (secondary N) is 2. The summed E-state index contributed by atoms with van der Waals surface area (Å²) in [6.07, 6.45) is -3.46. The highest BCUT2D eigenvalue weighted by Crippen LogP contribution is 2.45. The molecule has 3 rings (SSSR count). The lowest BCUT2D eigenvalue weighted by Gasteiger charge is -2.48. The SMILES string of the molecule is NC1=N[C@H]2[C@H](COC(=O)NOS(=O)(=O)O)N=C(N)N3C[C@H](OS(=O)(=O)O)C(O)(O)[C@]23N1. The fourth-order valence-electron chi connectivity index (χ4n) is 3.56. The van der Waals surface area contributed by atoms with Crippen LogP contribution in [0, 0.1) is 0 Å². The fraction of sp³-hybridized carbons (Fsp3) is 0.700. The molecule has 0 aromatic rings. The van der Waals surface area contributed by atoms with Crippen molar-refractivity contribution in [2.24, 2.45) is 21.5 Å². The standard InChI is InChI=1S/C10H17N7O12S2/c11-6-14-5-3(2-27-8(18)16-29-31(24,25)26)13-7(12)17-1-4(28-30(21,22)23)10(19,20)9(5,17)15-6/h3-5,19-20H,1-2H2,(H2,12,13)(H,16,18)(H3,11,14,15)(H,21,22,23)(H,24,25,26)/t3-,4-,5-,9-/m0/s1. The number of rotatable bonds is 6. The van der Waals surface area contributed by atoms with Gasteiger partial charge in [0.15, 0.2) is 23.7 Å². The molecule has 1 fully saturated rings. The molecule has 0 aromatic heterocycles. The van der Waals surface area contributed by atoms with Gasteiger partial charge in [-0.1, -0.05) is 0 Å². The molecule has 21 heteroatoms. The Morgan fingerprint density at radius 3 is 2.45 bits per heavy atom. The molecule has 3 aliphatic heterocycles. The number of guanidine groups is 2. The Hall–Kier alpha value is -2.53. The number of carbonyl (C=O) groups is 1. The Kier molecular flexibility index (Phi) is 5.42. The maximum absolute atomic E-state index is 11.5. The molecule has 0 radical (unpaired) electrons. The van der Waals surface area contributed by atoms with Crippen molar-refractivity contribution < 1.29 is 54.2 Å². The van der Waals surface area contributed by atoms with Crippen molar-refractivity contribution in [1.29, 1.82) is 0 Å². The van der Waals surface area contributed by atoms with Gasteiger partial charge in [0.2, 0.25) is 5.79 Å². The quantitative estimate of drug-likeness (QED) is 0.0974. The molecule has 0 aliphatic carbocycles. The number of hydrogen-bond donors (Lipinski definition) is 8. The number of aliphatic imine (C=N–C) groups is 2. The molecule has 1 saturated heterocycles. The second kappa shape index (κ2) is 7.27. The van der Waals surface area contributed by atoms with Gasteiger partial charge in [-0.25, -0.2) is 19.0 Å². The summed E-state index contributed by atoms with van der Waals surface area (Å²) in [4.78, 5) is 20.5. The normalized spacial score (nSPS) is 31.7. The highest BCUT2D eigenvalue weighted by Gasteiger charge is 2.74. The average molecular weight is 491 g/mol. The number of hydroxylamine groups is 1. The lowest BCUT2D eigenvalue weighted by Crippen LogP contribution is -2.77. The predicted octanol–water partition coefficient (Wildman–Crippen LogP) is -5.69. The van der Waals surface area contributed by atoms with Gasteiger partial charge in [0, 0.05) is 0 Å². The van der Waals surface area contributed by atoms with Crippen LogP contribution in [-0.4, -0.2) is 102 Å². The van der Waals surface area contributed by atoms with Gasteiger partial charge < -0.3 is 36.6 Å². The summed E-state index contributed by atoms with van der Waals surface area (Å²) in [6, 6.07) is -2.62. The van der Waals surface area contributed by atoms with Gasteiger partial charge in [0.25, 0.3) is 0 Å². The molecule has 0 saturated carbocycles. The molecular formula is C10H17N7O12S2. The van der Waals surface area contributed by atoms with E-state index in [2.05, 4.69) is 28.5 Å². The monoisotopic (exact) mass is 491 g/mol. The van der Waals surface area contributed by atoms with Gasteiger partial charge in [-0.15, -0.1) is 4.28 Å². The van der Waals surface area contributed by atoms with E-state index >= 15 is 0 Å². The third-order valence-corrected chi connectivity index (χ3v) is 5.37. The van der Waals surface area contributed by atoms with Crippen LogP contribution >= 0.6 is 0 Å². The van der Waals surface area contributed by atoms with Gasteiger partial charge >= 0.3 is 26.9 Å². The summed E-state index contributed by atoms with van der Waals surface area (Å²) in [5.74, 6) is -3.83. The molecule has 176 valence electrons. The summed E-state index contributed by atoms with van der Waals surface area (Å²) in [7, 11) is -10.1. The van der Waals surface area contributed by atoms with Crippen LogP contribution in [0.25, 0.3) is 0 Å². The van der Waals surface area contributed by atoms with Gasteiger partial charge in [-0.3, -0.25) is 9.11 Å². The molecule has 1 spiro atoms. The number of carbonyl (C=O) groups excluding carboxylic acids is 1. The Bertz CT molecular complexity index is 1040. The first-order valence-corrected chi connectivity index (χ1v) is 10.7. The predicted molar refractivity (Wildman–Crippen MR) is 94.1 cm³/mol. The van der Waals surface area contributed by atoms with Crippen molar-refractivity contribution in [3.63, 3.8) is 0 Å². The van der Waals surface area contributed by atoms with Crippen molar-refractivity contribution >= 4 is 38.8 Å². The van der Waals surface area contributed by atoms with Crippen molar-refractivity contribution in [2.45, 2.75) is 29.6 Å². The van der Waals surface area contributed by atoms with E-state index in [1.165, 1.54) is 5.48 Å². The molecule has 3 aliphatic rings. The Morgan fingerprint density at radius 1 is 1.23 bits per heavy atom. The smallest absolute Gasteiger partial charge is 0.432 e. The maximum atomic E-state index is 11.5. The topological polar surface area (TPSA) is 298 Å². The first-order valence-electron chi connectivity index (χ1n) is 7.98. The van der Waals surface area contributed by atoms with Crippen molar-refractivity contribution in [3.05, 3.63) is 0 Å². The largest absolute Gasteiger partial charge is 0.446 e. The van der Waals surface area contributed by atoms with Gasteiger partial charge in [-0.05, 0) is 0 Å². The van der Waals surface area contributed by atoms with E-state index in [0.717, 1.165) is 4.90 Å². The van der Waals surface area contributed by atoms with Crippen LogP contribution in [0.5, 0.6) is 0 Å². The third-order valence-electron chi connectivity index (χ3n) is 4.60. The molecule has 0 unspecified atom stereocenters. The van der Waals surface area contributed by atoms with Crippen LogP contribution in [0.3, 0.4) is 0 Å². The first-order chi connectivity index (χ1) is 14.1. The zero-order valence-electron chi connectivity index (χ0n) is 15.0.